The molecule has 39 heavy (non-hydrogen) atoms. The molecule has 0 aliphatic carbocycles. The third-order valence-corrected chi connectivity index (χ3v) is 7.40. The topological polar surface area (TPSA) is 109 Å². The first-order chi connectivity index (χ1) is 18.8. The molecule has 2 heterocycles. The molecule has 3 aromatic carbocycles. The maximum absolute atomic E-state index is 12.2. The molecule has 1 atom stereocenters. The van der Waals surface area contributed by atoms with Crippen LogP contribution in [0.3, 0.4) is 0 Å². The Hall–Kier alpha value is -4.12. The number of quaternary nitrogens is 1. The maximum atomic E-state index is 12.2. The Morgan fingerprint density at radius 3 is 2.18 bits per heavy atom. The van der Waals surface area contributed by atoms with Crippen molar-refractivity contribution in [3.05, 3.63) is 110 Å². The minimum Gasteiger partial charge on any atom is -0.355 e. The van der Waals surface area contributed by atoms with E-state index in [1.54, 1.807) is 12.1 Å². The van der Waals surface area contributed by atoms with Crippen LogP contribution in [-0.2, 0) is 9.59 Å². The van der Waals surface area contributed by atoms with E-state index in [1.807, 2.05) is 35.2 Å². The molecule has 2 saturated heterocycles. The van der Waals surface area contributed by atoms with Gasteiger partial charge < -0.3 is 9.80 Å². The number of anilines is 1. The van der Waals surface area contributed by atoms with Gasteiger partial charge in [0.2, 0.25) is 0 Å². The van der Waals surface area contributed by atoms with Crippen molar-refractivity contribution >= 4 is 58.2 Å². The SMILES string of the molecule is O=C1NC(=S)NC(=O)C1=Cc1ccc(N2CC[NH+](C(c3ccccc3)c3ccc(Cl)cc3)CC2)c([N+](=O)[O-])c1. The molecule has 2 amide bonds. The Kier molecular flexibility index (Phi) is 7.69. The van der Waals surface area contributed by atoms with Crippen LogP contribution in [0, 0.1) is 10.1 Å². The van der Waals surface area contributed by atoms with E-state index in [0.29, 0.717) is 29.4 Å². The van der Waals surface area contributed by atoms with Crippen molar-refractivity contribution in [1.82, 2.24) is 10.6 Å². The molecular formula is C28H25ClN5O4S+. The number of hydrogen-bond acceptors (Lipinski definition) is 6. The Morgan fingerprint density at radius 1 is 0.949 bits per heavy atom. The number of nitrogens with one attached hydrogen (secondary N) is 3. The average Bonchev–Trinajstić information content (AvgIpc) is 2.93. The van der Waals surface area contributed by atoms with Crippen molar-refractivity contribution in [2.75, 3.05) is 31.1 Å². The number of halogens is 1. The zero-order chi connectivity index (χ0) is 27.5. The average molecular weight is 563 g/mol. The van der Waals surface area contributed by atoms with Crippen molar-refractivity contribution in [3.8, 4) is 0 Å². The molecule has 3 N–H and O–H groups in total. The van der Waals surface area contributed by atoms with E-state index < -0.39 is 16.7 Å². The van der Waals surface area contributed by atoms with Gasteiger partial charge in [-0.25, -0.2) is 0 Å². The highest BCUT2D eigenvalue weighted by atomic mass is 35.5. The van der Waals surface area contributed by atoms with Crippen LogP contribution in [-0.4, -0.2) is 48.0 Å². The summed E-state index contributed by atoms with van der Waals surface area (Å²) < 4.78 is 0. The number of thiocarbonyl (C=S) groups is 1. The molecule has 0 radical (unpaired) electrons. The largest absolute Gasteiger partial charge is 0.355 e. The molecule has 0 aromatic heterocycles. The van der Waals surface area contributed by atoms with E-state index in [-0.39, 0.29) is 22.4 Å². The highest BCUT2D eigenvalue weighted by Crippen LogP contribution is 2.31. The first-order valence-corrected chi connectivity index (χ1v) is 13.2. The number of nitrogens with zero attached hydrogens (tertiary/aromatic N) is 2. The van der Waals surface area contributed by atoms with Gasteiger partial charge >= 0.3 is 0 Å². The van der Waals surface area contributed by atoms with Crippen molar-refractivity contribution < 1.29 is 19.4 Å². The molecular weight excluding hydrogens is 538 g/mol. The molecule has 11 heteroatoms. The van der Waals surface area contributed by atoms with Gasteiger partial charge in [0.1, 0.15) is 17.3 Å². The number of hydrogen-bond donors (Lipinski definition) is 3. The first-order valence-electron chi connectivity index (χ1n) is 12.4. The predicted molar refractivity (Wildman–Crippen MR) is 153 cm³/mol. The lowest BCUT2D eigenvalue weighted by molar-refractivity contribution is -0.926. The number of rotatable bonds is 6. The van der Waals surface area contributed by atoms with Gasteiger partial charge in [-0.15, -0.1) is 0 Å². The summed E-state index contributed by atoms with van der Waals surface area (Å²) in [6.07, 6.45) is 1.32. The lowest BCUT2D eigenvalue weighted by atomic mass is 9.96. The van der Waals surface area contributed by atoms with Gasteiger partial charge in [-0.1, -0.05) is 60.1 Å². The molecule has 2 aliphatic heterocycles. The van der Waals surface area contributed by atoms with E-state index in [1.165, 1.54) is 22.6 Å². The third kappa shape index (κ3) is 5.83. The van der Waals surface area contributed by atoms with Gasteiger partial charge in [-0.2, -0.15) is 0 Å². The van der Waals surface area contributed by atoms with Crippen LogP contribution in [0.15, 0.2) is 78.4 Å². The first kappa shape index (κ1) is 26.5. The summed E-state index contributed by atoms with van der Waals surface area (Å²) in [6.45, 7) is 2.78. The summed E-state index contributed by atoms with van der Waals surface area (Å²) in [5.41, 5.74) is 2.98. The van der Waals surface area contributed by atoms with Crippen LogP contribution in [0.2, 0.25) is 5.02 Å². The maximum Gasteiger partial charge on any atom is 0.293 e. The summed E-state index contributed by atoms with van der Waals surface area (Å²) >= 11 is 11.0. The molecule has 9 nitrogen and oxygen atoms in total. The van der Waals surface area contributed by atoms with Crippen LogP contribution in [0.4, 0.5) is 11.4 Å². The van der Waals surface area contributed by atoms with Crippen molar-refractivity contribution in [1.29, 1.82) is 0 Å². The quantitative estimate of drug-likeness (QED) is 0.140. The third-order valence-electron chi connectivity index (χ3n) is 6.94. The van der Waals surface area contributed by atoms with Crippen LogP contribution in [0.25, 0.3) is 6.08 Å². The fraction of sp³-hybridized carbons (Fsp3) is 0.179. The zero-order valence-corrected chi connectivity index (χ0v) is 22.3. The fourth-order valence-corrected chi connectivity index (χ4v) is 5.42. The predicted octanol–water partition coefficient (Wildman–Crippen LogP) is 2.66. The highest BCUT2D eigenvalue weighted by Gasteiger charge is 2.32. The minimum absolute atomic E-state index is 0.0738. The lowest BCUT2D eigenvalue weighted by Crippen LogP contribution is -3.15. The van der Waals surface area contributed by atoms with E-state index >= 15 is 0 Å². The number of carbonyl (C=O) groups is 2. The summed E-state index contributed by atoms with van der Waals surface area (Å²) in [5.74, 6) is -1.30. The monoisotopic (exact) mass is 562 g/mol. The molecule has 0 bridgehead atoms. The van der Waals surface area contributed by atoms with Crippen LogP contribution >= 0.6 is 23.8 Å². The number of benzene rings is 3. The van der Waals surface area contributed by atoms with Gasteiger partial charge in [0.15, 0.2) is 5.11 Å². The Balaban J connectivity index is 1.37. The van der Waals surface area contributed by atoms with E-state index in [9.17, 15) is 19.7 Å². The van der Waals surface area contributed by atoms with Gasteiger partial charge in [0.25, 0.3) is 17.5 Å². The van der Waals surface area contributed by atoms with Crippen molar-refractivity contribution in [2.24, 2.45) is 0 Å². The Labute approximate surface area is 235 Å². The van der Waals surface area contributed by atoms with Gasteiger partial charge in [-0.3, -0.25) is 30.3 Å². The molecule has 0 saturated carbocycles. The van der Waals surface area contributed by atoms with Crippen molar-refractivity contribution in [3.63, 3.8) is 0 Å². The second kappa shape index (κ2) is 11.3. The number of amides is 2. The molecule has 1 unspecified atom stereocenters. The molecule has 2 fully saturated rings. The normalized spacial score (nSPS) is 16.9. The van der Waals surface area contributed by atoms with E-state index in [4.69, 9.17) is 23.8 Å². The van der Waals surface area contributed by atoms with E-state index in [2.05, 4.69) is 34.9 Å². The van der Waals surface area contributed by atoms with Gasteiger partial charge in [0, 0.05) is 22.2 Å². The second-order valence-corrected chi connectivity index (χ2v) is 10.2. The van der Waals surface area contributed by atoms with Crippen LogP contribution in [0.1, 0.15) is 22.7 Å². The molecule has 198 valence electrons. The zero-order valence-electron chi connectivity index (χ0n) is 20.7. The van der Waals surface area contributed by atoms with Gasteiger partial charge in [0.05, 0.1) is 31.1 Å². The summed E-state index contributed by atoms with van der Waals surface area (Å²) in [6, 6.07) is 23.0. The lowest BCUT2D eigenvalue weighted by Gasteiger charge is -2.37. The number of nitro groups is 1. The molecule has 3 aromatic rings. The Morgan fingerprint density at radius 2 is 1.56 bits per heavy atom. The Bertz CT molecular complexity index is 1450. The fourth-order valence-electron chi connectivity index (χ4n) is 5.10. The highest BCUT2D eigenvalue weighted by molar-refractivity contribution is 7.80. The number of carbonyl (C=O) groups excluding carboxylic acids is 2. The van der Waals surface area contributed by atoms with Crippen LogP contribution in [0.5, 0.6) is 0 Å². The van der Waals surface area contributed by atoms with E-state index in [0.717, 1.165) is 18.7 Å². The smallest absolute Gasteiger partial charge is 0.293 e. The molecule has 0 spiro atoms. The second-order valence-electron chi connectivity index (χ2n) is 9.34. The molecule has 2 aliphatic rings. The summed E-state index contributed by atoms with van der Waals surface area (Å²) in [7, 11) is 0. The standard InChI is InChI=1S/C28H24ClN5O4S/c29-21-9-7-20(8-10-21)25(19-4-2-1-3-5-19)33-14-12-32(13-15-33)23-11-6-18(17-24(23)34(37)38)16-22-26(35)30-28(39)31-27(22)36/h1-11,16-17,25H,12-15H2,(H2,30,31,35,36,39)/p+1. The minimum atomic E-state index is -0.650. The van der Waals surface area contributed by atoms with Gasteiger partial charge in [-0.05, 0) is 42.1 Å². The summed E-state index contributed by atoms with van der Waals surface area (Å²) in [4.78, 5) is 39.3. The number of nitro benzene ring substituents is 1. The molecule has 5 rings (SSSR count). The van der Waals surface area contributed by atoms with Crippen LogP contribution < -0.4 is 20.4 Å². The summed E-state index contributed by atoms with van der Waals surface area (Å²) in [5, 5.41) is 17.4. The number of piperazine rings is 1. The van der Waals surface area contributed by atoms with Crippen molar-refractivity contribution in [2.45, 2.75) is 6.04 Å².